The number of nitrogens with zero attached hydrogens (tertiary/aromatic N) is 2. The van der Waals surface area contributed by atoms with Crippen molar-refractivity contribution < 1.29 is 19.1 Å². The molecule has 0 spiro atoms. The molecule has 0 unspecified atom stereocenters. The van der Waals surface area contributed by atoms with Crippen LogP contribution in [-0.4, -0.2) is 27.6 Å². The van der Waals surface area contributed by atoms with Gasteiger partial charge in [-0.1, -0.05) is 37.3 Å². The van der Waals surface area contributed by atoms with Gasteiger partial charge in [0.15, 0.2) is 0 Å². The molecule has 1 heterocycles. The molecule has 1 aromatic carbocycles. The Balaban J connectivity index is 2.07. The van der Waals surface area contributed by atoms with Gasteiger partial charge in [-0.3, -0.25) is 9.59 Å². The number of hydrogen-bond acceptors (Lipinski definition) is 5. The van der Waals surface area contributed by atoms with E-state index in [4.69, 9.17) is 9.47 Å². The normalized spacial score (nSPS) is 13.1. The van der Waals surface area contributed by atoms with Gasteiger partial charge in [-0.25, -0.2) is 4.98 Å². The summed E-state index contributed by atoms with van der Waals surface area (Å²) in [4.78, 5) is 28.1. The fourth-order valence-corrected chi connectivity index (χ4v) is 2.68. The summed E-state index contributed by atoms with van der Waals surface area (Å²) in [6.45, 7) is 3.43. The third kappa shape index (κ3) is 5.45. The number of carbonyl (C=O) groups excluding carboxylic acids is 2. The number of ether oxygens (including phenoxy) is 2. The minimum absolute atomic E-state index is 0.203. The second-order valence-corrected chi connectivity index (χ2v) is 5.96. The summed E-state index contributed by atoms with van der Waals surface area (Å²) in [5.41, 5.74) is 1.81. The molecule has 0 saturated heterocycles. The zero-order chi connectivity index (χ0) is 18.2. The Morgan fingerprint density at radius 1 is 1.24 bits per heavy atom. The highest BCUT2D eigenvalue weighted by Crippen LogP contribution is 2.20. The van der Waals surface area contributed by atoms with Gasteiger partial charge < -0.3 is 14.0 Å². The second kappa shape index (κ2) is 9.01. The minimum Gasteiger partial charge on any atom is -0.461 e. The van der Waals surface area contributed by atoms with E-state index >= 15 is 0 Å². The summed E-state index contributed by atoms with van der Waals surface area (Å²) in [6.07, 6.45) is 3.73. The molecular formula is C19H24N2O4. The monoisotopic (exact) mass is 344 g/mol. The molecule has 0 saturated carbocycles. The summed E-state index contributed by atoms with van der Waals surface area (Å²) in [7, 11) is 1.86. The van der Waals surface area contributed by atoms with Crippen molar-refractivity contribution in [1.29, 1.82) is 0 Å². The van der Waals surface area contributed by atoms with E-state index in [1.807, 2.05) is 48.9 Å². The van der Waals surface area contributed by atoms with Gasteiger partial charge in [-0.2, -0.15) is 0 Å². The molecule has 25 heavy (non-hydrogen) atoms. The first-order valence-electron chi connectivity index (χ1n) is 8.34. The Kier molecular flexibility index (Phi) is 6.74. The van der Waals surface area contributed by atoms with Crippen molar-refractivity contribution in [2.45, 2.75) is 39.4 Å². The van der Waals surface area contributed by atoms with Crippen molar-refractivity contribution in [2.24, 2.45) is 13.0 Å². The quantitative estimate of drug-likeness (QED) is 0.689. The number of esters is 2. The maximum Gasteiger partial charge on any atom is 0.313 e. The molecule has 134 valence electrons. The predicted molar refractivity (Wildman–Crippen MR) is 92.5 cm³/mol. The van der Waals surface area contributed by atoms with Gasteiger partial charge in [0.25, 0.3) is 0 Å². The highest BCUT2D eigenvalue weighted by molar-refractivity contribution is 5.74. The Bertz CT molecular complexity index is 696. The summed E-state index contributed by atoms with van der Waals surface area (Å²) in [6, 6.07) is 9.49. The maximum absolute atomic E-state index is 12.5. The van der Waals surface area contributed by atoms with Crippen LogP contribution in [0.25, 0.3) is 0 Å². The highest BCUT2D eigenvalue weighted by Gasteiger charge is 2.31. The van der Waals surface area contributed by atoms with Crippen LogP contribution >= 0.6 is 0 Å². The molecule has 6 nitrogen and oxygen atoms in total. The molecule has 0 aliphatic heterocycles. The average molecular weight is 344 g/mol. The van der Waals surface area contributed by atoms with E-state index in [1.165, 1.54) is 6.92 Å². The lowest BCUT2D eigenvalue weighted by molar-refractivity contribution is -0.161. The van der Waals surface area contributed by atoms with Gasteiger partial charge in [-0.05, 0) is 12.0 Å². The molecule has 0 bridgehead atoms. The van der Waals surface area contributed by atoms with Gasteiger partial charge in [0, 0.05) is 32.3 Å². The molecule has 0 amide bonds. The molecule has 0 radical (unpaired) electrons. The molecule has 0 fully saturated rings. The number of imidazole rings is 1. The van der Waals surface area contributed by atoms with Crippen LogP contribution < -0.4 is 0 Å². The van der Waals surface area contributed by atoms with Gasteiger partial charge in [-0.15, -0.1) is 0 Å². The number of benzene rings is 1. The minimum atomic E-state index is -0.582. The summed E-state index contributed by atoms with van der Waals surface area (Å²) < 4.78 is 12.7. The lowest BCUT2D eigenvalue weighted by atomic mass is 9.95. The van der Waals surface area contributed by atoms with Crippen LogP contribution in [0.4, 0.5) is 0 Å². The van der Waals surface area contributed by atoms with E-state index < -0.39 is 18.0 Å². The van der Waals surface area contributed by atoms with Crippen LogP contribution in [0.15, 0.2) is 42.9 Å². The topological polar surface area (TPSA) is 70.4 Å². The van der Waals surface area contributed by atoms with Crippen molar-refractivity contribution in [3.8, 4) is 0 Å². The van der Waals surface area contributed by atoms with E-state index in [9.17, 15) is 9.59 Å². The molecular weight excluding hydrogens is 320 g/mol. The Morgan fingerprint density at radius 3 is 2.52 bits per heavy atom. The molecule has 0 aliphatic carbocycles. The Labute approximate surface area is 147 Å². The fourth-order valence-electron chi connectivity index (χ4n) is 2.68. The van der Waals surface area contributed by atoms with E-state index in [0.717, 1.165) is 11.3 Å². The number of carbonyl (C=O) groups is 2. The largest absolute Gasteiger partial charge is 0.461 e. The number of rotatable bonds is 8. The van der Waals surface area contributed by atoms with Gasteiger partial charge in [0.2, 0.25) is 0 Å². The molecule has 0 aliphatic rings. The van der Waals surface area contributed by atoms with E-state index in [1.54, 1.807) is 12.5 Å². The van der Waals surface area contributed by atoms with E-state index in [0.29, 0.717) is 12.8 Å². The molecule has 2 rings (SSSR count). The average Bonchev–Trinajstić information content (AvgIpc) is 2.99. The van der Waals surface area contributed by atoms with E-state index in [2.05, 4.69) is 4.98 Å². The van der Waals surface area contributed by atoms with Crippen molar-refractivity contribution in [3.05, 3.63) is 54.1 Å². The SMILES string of the molecule is CC[C@H](C(=O)OCc1ccccc1)[C@@H](Cc1cncn1C)OC(C)=O. The number of hydrogen-bond donors (Lipinski definition) is 0. The summed E-state index contributed by atoms with van der Waals surface area (Å²) in [5, 5.41) is 0. The van der Waals surface area contributed by atoms with Crippen LogP contribution in [0.2, 0.25) is 0 Å². The zero-order valence-electron chi connectivity index (χ0n) is 14.8. The van der Waals surface area contributed by atoms with Gasteiger partial charge in [0.1, 0.15) is 12.7 Å². The lowest BCUT2D eigenvalue weighted by Gasteiger charge is -2.24. The van der Waals surface area contributed by atoms with Crippen molar-refractivity contribution in [1.82, 2.24) is 9.55 Å². The first-order valence-corrected chi connectivity index (χ1v) is 8.34. The van der Waals surface area contributed by atoms with E-state index in [-0.39, 0.29) is 12.6 Å². The standard InChI is InChI=1S/C19H24N2O4/c1-4-17(19(23)24-12-15-8-6-5-7-9-15)18(25-14(2)22)10-16-11-20-13-21(16)3/h5-9,11,13,17-18H,4,10,12H2,1-3H3/t17-,18+/m0/s1. The smallest absolute Gasteiger partial charge is 0.313 e. The molecule has 2 atom stereocenters. The van der Waals surface area contributed by atoms with Crippen molar-refractivity contribution in [3.63, 3.8) is 0 Å². The molecule has 6 heteroatoms. The van der Waals surface area contributed by atoms with Crippen molar-refractivity contribution in [2.75, 3.05) is 0 Å². The maximum atomic E-state index is 12.5. The van der Waals surface area contributed by atoms with Crippen molar-refractivity contribution >= 4 is 11.9 Å². The second-order valence-electron chi connectivity index (χ2n) is 5.96. The summed E-state index contributed by atoms with van der Waals surface area (Å²) in [5.74, 6) is -1.30. The predicted octanol–water partition coefficient (Wildman–Crippen LogP) is 2.66. The first kappa shape index (κ1) is 18.7. The van der Waals surface area contributed by atoms with Gasteiger partial charge in [0.05, 0.1) is 12.2 Å². The molecule has 2 aromatic rings. The molecule has 1 aromatic heterocycles. The van der Waals surface area contributed by atoms with Crippen LogP contribution in [-0.2, 0) is 39.1 Å². The number of aromatic nitrogens is 2. The van der Waals surface area contributed by atoms with Gasteiger partial charge >= 0.3 is 11.9 Å². The fraction of sp³-hybridized carbons (Fsp3) is 0.421. The highest BCUT2D eigenvalue weighted by atomic mass is 16.6. The van der Waals surface area contributed by atoms with Crippen LogP contribution in [0.3, 0.4) is 0 Å². The van der Waals surface area contributed by atoms with Crippen LogP contribution in [0.1, 0.15) is 31.5 Å². The number of aryl methyl sites for hydroxylation is 1. The van der Waals surface area contributed by atoms with Crippen LogP contribution in [0.5, 0.6) is 0 Å². The van der Waals surface area contributed by atoms with Crippen LogP contribution in [0, 0.1) is 5.92 Å². The lowest BCUT2D eigenvalue weighted by Crippen LogP contribution is -2.35. The Hall–Kier alpha value is -2.63. The third-order valence-corrected chi connectivity index (χ3v) is 4.06. The first-order chi connectivity index (χ1) is 12.0. The molecule has 0 N–H and O–H groups in total. The third-order valence-electron chi connectivity index (χ3n) is 4.06. The zero-order valence-corrected chi connectivity index (χ0v) is 14.8. The summed E-state index contributed by atoms with van der Waals surface area (Å²) >= 11 is 0. The Morgan fingerprint density at radius 2 is 1.96 bits per heavy atom.